The molecule has 2 N–H and O–H groups in total. The molecule has 0 spiro atoms. The van der Waals surface area contributed by atoms with E-state index in [0.717, 1.165) is 45.4 Å². The van der Waals surface area contributed by atoms with Crippen molar-refractivity contribution in [3.63, 3.8) is 0 Å². The largest absolute Gasteiger partial charge is 0.481 e. The maximum absolute atomic E-state index is 13.4. The molecule has 0 radical (unpaired) electrons. The maximum atomic E-state index is 13.4. The van der Waals surface area contributed by atoms with Gasteiger partial charge in [0.2, 0.25) is 11.8 Å². The van der Waals surface area contributed by atoms with E-state index in [-0.39, 0.29) is 23.6 Å². The van der Waals surface area contributed by atoms with Gasteiger partial charge in [0.1, 0.15) is 5.65 Å². The van der Waals surface area contributed by atoms with Gasteiger partial charge in [-0.3, -0.25) is 23.8 Å². The molecule has 0 saturated carbocycles. The van der Waals surface area contributed by atoms with E-state index in [4.69, 9.17) is 21.3 Å². The zero-order valence-corrected chi connectivity index (χ0v) is 28.6. The fourth-order valence-electron chi connectivity index (χ4n) is 6.94. The molecule has 7 rings (SSSR count). The van der Waals surface area contributed by atoms with E-state index in [1.807, 2.05) is 60.5 Å². The number of carbonyl (C=O) groups excluding carboxylic acids is 1. The van der Waals surface area contributed by atoms with Gasteiger partial charge in [-0.2, -0.15) is 0 Å². The molecule has 1 amide bonds. The summed E-state index contributed by atoms with van der Waals surface area (Å²) < 4.78 is 7.23. The van der Waals surface area contributed by atoms with Gasteiger partial charge < -0.3 is 15.2 Å². The van der Waals surface area contributed by atoms with Crippen LogP contribution in [0, 0.1) is 6.92 Å². The number of benzene rings is 2. The van der Waals surface area contributed by atoms with E-state index in [0.29, 0.717) is 67.0 Å². The van der Waals surface area contributed by atoms with Gasteiger partial charge in [0.25, 0.3) is 5.56 Å². The number of nitrogens with zero attached hydrogens (tertiary/aromatic N) is 5. The lowest BCUT2D eigenvalue weighted by atomic mass is 9.92. The maximum Gasteiger partial charge on any atom is 0.262 e. The highest BCUT2D eigenvalue weighted by atomic mass is 35.5. The fraction of sp³-hybridized carbons (Fsp3) is 0.316. The third-order valence-electron chi connectivity index (χ3n) is 9.51. The first-order valence-corrected chi connectivity index (χ1v) is 16.9. The van der Waals surface area contributed by atoms with E-state index < -0.39 is 0 Å². The van der Waals surface area contributed by atoms with Crippen molar-refractivity contribution < 1.29 is 14.6 Å². The van der Waals surface area contributed by atoms with Crippen LogP contribution in [0.15, 0.2) is 77.9 Å². The van der Waals surface area contributed by atoms with Crippen LogP contribution >= 0.6 is 11.6 Å². The number of aliphatic hydroxyl groups excluding tert-OH is 1. The first kappa shape index (κ1) is 32.9. The minimum Gasteiger partial charge on any atom is -0.481 e. The van der Waals surface area contributed by atoms with Gasteiger partial charge in [-0.15, -0.1) is 0 Å². The summed E-state index contributed by atoms with van der Waals surface area (Å²) in [5.74, 6) is 0.625. The summed E-state index contributed by atoms with van der Waals surface area (Å²) >= 11 is 7.13. The van der Waals surface area contributed by atoms with Crippen molar-refractivity contribution in [2.75, 3.05) is 33.8 Å². The molecule has 1 atom stereocenters. The number of methoxy groups -OCH3 is 1. The summed E-state index contributed by atoms with van der Waals surface area (Å²) in [6.07, 6.45) is 4.54. The van der Waals surface area contributed by atoms with Gasteiger partial charge in [0.05, 0.1) is 29.5 Å². The second kappa shape index (κ2) is 13.7. The highest BCUT2D eigenvalue weighted by Gasteiger charge is 2.26. The number of ether oxygens (including phenoxy) is 1. The van der Waals surface area contributed by atoms with Crippen molar-refractivity contribution in [2.45, 2.75) is 45.0 Å². The lowest BCUT2D eigenvalue weighted by molar-refractivity contribution is -0.119. The third kappa shape index (κ3) is 6.69. The molecule has 252 valence electrons. The smallest absolute Gasteiger partial charge is 0.262 e. The van der Waals surface area contributed by atoms with Crippen LogP contribution in [0.1, 0.15) is 29.5 Å². The Morgan fingerprint density at radius 1 is 1.02 bits per heavy atom. The number of likely N-dealkylation sites (tertiary alicyclic amines) is 1. The topological polar surface area (TPSA) is 112 Å². The van der Waals surface area contributed by atoms with Crippen LogP contribution in [0.3, 0.4) is 0 Å². The van der Waals surface area contributed by atoms with Crippen molar-refractivity contribution in [2.24, 2.45) is 0 Å². The lowest BCUT2D eigenvalue weighted by Crippen LogP contribution is -2.49. The van der Waals surface area contributed by atoms with Crippen LogP contribution in [0.5, 0.6) is 5.88 Å². The molecule has 5 heterocycles. The highest BCUT2D eigenvalue weighted by Crippen LogP contribution is 2.40. The number of β-amino-alcohol motifs (C(OH)–C–C–N with tert-alkyl or cyclic N) is 1. The number of aromatic nitrogens is 3. The molecule has 11 heteroatoms. The molecule has 0 bridgehead atoms. The van der Waals surface area contributed by atoms with Gasteiger partial charge in [-0.1, -0.05) is 54.1 Å². The van der Waals surface area contributed by atoms with Crippen LogP contribution in [0.2, 0.25) is 5.02 Å². The third-order valence-corrected chi connectivity index (χ3v) is 9.92. The summed E-state index contributed by atoms with van der Waals surface area (Å²) in [6.45, 7) is 5.15. The first-order chi connectivity index (χ1) is 23.7. The minimum absolute atomic E-state index is 0.0831. The van der Waals surface area contributed by atoms with E-state index in [2.05, 4.69) is 34.3 Å². The number of halogens is 1. The van der Waals surface area contributed by atoms with Gasteiger partial charge in [0.15, 0.2) is 0 Å². The molecule has 0 aliphatic carbocycles. The molecule has 0 unspecified atom stereocenters. The predicted molar refractivity (Wildman–Crippen MR) is 191 cm³/mol. The van der Waals surface area contributed by atoms with Gasteiger partial charge in [-0.25, -0.2) is 9.97 Å². The van der Waals surface area contributed by atoms with Crippen LogP contribution in [-0.2, 0) is 17.9 Å². The molecule has 2 fully saturated rings. The van der Waals surface area contributed by atoms with Gasteiger partial charge in [0, 0.05) is 74.3 Å². The quantitative estimate of drug-likeness (QED) is 0.214. The van der Waals surface area contributed by atoms with E-state index in [1.54, 1.807) is 23.9 Å². The van der Waals surface area contributed by atoms with Crippen molar-refractivity contribution >= 4 is 23.2 Å². The molecule has 49 heavy (non-hydrogen) atoms. The normalized spacial score (nSPS) is 16.7. The fourth-order valence-corrected chi connectivity index (χ4v) is 7.27. The highest BCUT2D eigenvalue weighted by molar-refractivity contribution is 6.36. The molecule has 10 nitrogen and oxygen atoms in total. The Balaban J connectivity index is 1.15. The summed E-state index contributed by atoms with van der Waals surface area (Å²) in [5.41, 5.74) is 8.41. The summed E-state index contributed by atoms with van der Waals surface area (Å²) in [5, 5.41) is 13.2. The molecule has 5 aromatic rings. The standard InChI is InChI=1S/C38H39ClN6O4/c1-23-29(24-14-15-45-34(16-24)40-17-26(38(45)48)18-43(2)20-27-11-13-35(47)41-27)6-4-7-30(23)31-8-5-9-32(36(31)39)33-12-10-25(37(42-33)49-3)19-44-21-28(46)22-44/h4-10,12,14-17,27-28,46H,11,13,18-22H2,1-3H3,(H,41,47)/t27-/m1/s1. The average Bonchev–Trinajstić information content (AvgIpc) is 3.49. The Labute approximate surface area is 290 Å². The van der Waals surface area contributed by atoms with E-state index in [1.165, 1.54) is 0 Å². The Bertz CT molecular complexity index is 2110. The number of hydrogen-bond donors (Lipinski definition) is 2. The molecule has 3 aromatic heterocycles. The number of hydrogen-bond acceptors (Lipinski definition) is 8. The second-order valence-corrected chi connectivity index (χ2v) is 13.5. The average molecular weight is 679 g/mol. The number of fused-ring (bicyclic) bond motifs is 1. The Morgan fingerprint density at radius 2 is 1.78 bits per heavy atom. The number of pyridine rings is 2. The van der Waals surface area contributed by atoms with Crippen LogP contribution < -0.4 is 15.6 Å². The van der Waals surface area contributed by atoms with Crippen molar-refractivity contribution in [3.8, 4) is 39.4 Å². The van der Waals surface area contributed by atoms with E-state index in [9.17, 15) is 14.7 Å². The monoisotopic (exact) mass is 678 g/mol. The number of amides is 1. The van der Waals surface area contributed by atoms with Gasteiger partial charge in [-0.05, 0) is 60.8 Å². The molecule has 2 aliphatic rings. The van der Waals surface area contributed by atoms with Crippen LogP contribution in [-0.4, -0.2) is 81.1 Å². The molecule has 2 saturated heterocycles. The van der Waals surface area contributed by atoms with Gasteiger partial charge >= 0.3 is 0 Å². The zero-order valence-electron chi connectivity index (χ0n) is 27.8. The lowest BCUT2D eigenvalue weighted by Gasteiger charge is -2.35. The van der Waals surface area contributed by atoms with Crippen LogP contribution in [0.25, 0.3) is 39.2 Å². The Hall–Kier alpha value is -4.61. The first-order valence-electron chi connectivity index (χ1n) is 16.5. The molecular weight excluding hydrogens is 640 g/mol. The number of rotatable bonds is 10. The van der Waals surface area contributed by atoms with Crippen molar-refractivity contribution in [1.82, 2.24) is 29.5 Å². The second-order valence-electron chi connectivity index (χ2n) is 13.1. The Morgan fingerprint density at radius 3 is 2.51 bits per heavy atom. The molecular formula is C38H39ClN6O4. The van der Waals surface area contributed by atoms with E-state index >= 15 is 0 Å². The Kier molecular flexibility index (Phi) is 9.21. The number of nitrogens with one attached hydrogen (secondary N) is 1. The molecule has 2 aromatic carbocycles. The van der Waals surface area contributed by atoms with Crippen molar-refractivity contribution in [3.05, 3.63) is 105 Å². The SMILES string of the molecule is COc1nc(-c2cccc(-c3cccc(-c4ccn5c(=O)c(CN(C)C[C@H]6CCC(=O)N6)cnc5c4)c3C)c2Cl)ccc1CN1CC(O)C1. The minimum atomic E-state index is -0.268. The van der Waals surface area contributed by atoms with Crippen molar-refractivity contribution in [1.29, 1.82) is 0 Å². The summed E-state index contributed by atoms with van der Waals surface area (Å²) in [7, 11) is 3.57. The molecule has 2 aliphatic heterocycles. The number of likely N-dealkylation sites (N-methyl/N-ethyl adjacent to an activating group) is 1. The zero-order chi connectivity index (χ0) is 34.2. The number of carbonyl (C=O) groups is 1. The summed E-state index contributed by atoms with van der Waals surface area (Å²) in [6, 6.07) is 20.1. The summed E-state index contributed by atoms with van der Waals surface area (Å²) in [4.78, 5) is 38.7. The predicted octanol–water partition coefficient (Wildman–Crippen LogP) is 4.95. The number of aliphatic hydroxyl groups is 1. The van der Waals surface area contributed by atoms with Crippen LogP contribution in [0.4, 0.5) is 0 Å².